The maximum atomic E-state index is 10.6. The first-order chi connectivity index (χ1) is 8.70. The number of aliphatic hydroxyl groups is 1. The van der Waals surface area contributed by atoms with Crippen LogP contribution in [0.4, 0.5) is 5.95 Å². The molecular weight excluding hydrogens is 228 g/mol. The first kappa shape index (κ1) is 10.8. The Kier molecular flexibility index (Phi) is 2.22. The Morgan fingerprint density at radius 1 is 1.11 bits per heavy atom. The number of hydrogen-bond acceptors (Lipinski definition) is 4. The van der Waals surface area contributed by atoms with E-state index in [1.54, 1.807) is 0 Å². The summed E-state index contributed by atoms with van der Waals surface area (Å²) < 4.78 is 0. The molecule has 5 heteroatoms. The third-order valence-corrected chi connectivity index (χ3v) is 5.46. The normalized spacial score (nSPS) is 43.3. The molecule has 1 heterocycles. The standard InChI is InChI=1S/C13H20N4O/c14-13-15-12(16-17-13)11(18)10-8-2-6-1-7(4-8)5-9(10)3-6/h6-11,18H,1-5H2,(H3,14,15,16,17). The van der Waals surface area contributed by atoms with Crippen molar-refractivity contribution in [2.45, 2.75) is 38.2 Å². The molecule has 5 nitrogen and oxygen atoms in total. The van der Waals surface area contributed by atoms with Crippen molar-refractivity contribution in [3.05, 3.63) is 5.82 Å². The Bertz CT molecular complexity index is 430. The van der Waals surface area contributed by atoms with Gasteiger partial charge in [-0.15, -0.1) is 5.10 Å². The Labute approximate surface area is 106 Å². The molecular formula is C13H20N4O. The molecule has 1 atom stereocenters. The van der Waals surface area contributed by atoms with E-state index in [0.29, 0.717) is 23.6 Å². The lowest BCUT2D eigenvalue weighted by molar-refractivity contribution is -0.0930. The predicted octanol–water partition coefficient (Wildman–Crippen LogP) is 1.49. The average Bonchev–Trinajstić information content (AvgIpc) is 2.74. The second kappa shape index (κ2) is 3.70. The van der Waals surface area contributed by atoms with Crippen molar-refractivity contribution >= 4 is 5.95 Å². The van der Waals surface area contributed by atoms with Gasteiger partial charge in [0.05, 0.1) is 0 Å². The van der Waals surface area contributed by atoms with Gasteiger partial charge < -0.3 is 10.8 Å². The number of rotatable bonds is 2. The minimum atomic E-state index is -0.509. The van der Waals surface area contributed by atoms with Crippen molar-refractivity contribution in [3.8, 4) is 0 Å². The fraction of sp³-hybridized carbons (Fsp3) is 0.846. The molecule has 0 aliphatic heterocycles. The predicted molar refractivity (Wildman–Crippen MR) is 66.3 cm³/mol. The minimum Gasteiger partial charge on any atom is -0.385 e. The number of aromatic amines is 1. The Morgan fingerprint density at radius 3 is 2.22 bits per heavy atom. The molecule has 1 aromatic rings. The zero-order chi connectivity index (χ0) is 12.3. The van der Waals surface area contributed by atoms with Gasteiger partial charge >= 0.3 is 0 Å². The van der Waals surface area contributed by atoms with Gasteiger partial charge in [0.25, 0.3) is 0 Å². The summed E-state index contributed by atoms with van der Waals surface area (Å²) in [6.07, 6.45) is 6.14. The second-order valence-electron chi connectivity index (χ2n) is 6.53. The fourth-order valence-electron chi connectivity index (χ4n) is 5.09. The molecule has 98 valence electrons. The van der Waals surface area contributed by atoms with Crippen molar-refractivity contribution in [1.29, 1.82) is 0 Å². The third kappa shape index (κ3) is 1.49. The SMILES string of the molecule is Nc1n[nH]c(C(O)C2C3CC4CC(C3)CC2C4)n1. The van der Waals surface area contributed by atoms with Crippen LogP contribution < -0.4 is 5.73 Å². The molecule has 0 aromatic carbocycles. The molecule has 1 unspecified atom stereocenters. The number of nitrogens with two attached hydrogens (primary N) is 1. The second-order valence-corrected chi connectivity index (χ2v) is 6.53. The van der Waals surface area contributed by atoms with Gasteiger partial charge in [0.1, 0.15) is 6.10 Å². The molecule has 1 aromatic heterocycles. The lowest BCUT2D eigenvalue weighted by atomic mass is 9.51. The summed E-state index contributed by atoms with van der Waals surface area (Å²) in [5, 5.41) is 17.2. The molecule has 5 rings (SSSR count). The summed E-state index contributed by atoms with van der Waals surface area (Å²) in [4.78, 5) is 4.10. The van der Waals surface area contributed by atoms with E-state index in [1.807, 2.05) is 0 Å². The van der Waals surface area contributed by atoms with E-state index in [1.165, 1.54) is 32.1 Å². The molecule has 0 saturated heterocycles. The Morgan fingerprint density at radius 2 is 1.72 bits per heavy atom. The van der Waals surface area contributed by atoms with Gasteiger partial charge in [-0.1, -0.05) is 0 Å². The minimum absolute atomic E-state index is 0.230. The van der Waals surface area contributed by atoms with Crippen LogP contribution in [0, 0.1) is 29.6 Å². The first-order valence-electron chi connectivity index (χ1n) is 7.06. The highest BCUT2D eigenvalue weighted by atomic mass is 16.3. The molecule has 4 aliphatic carbocycles. The molecule has 4 N–H and O–H groups in total. The van der Waals surface area contributed by atoms with E-state index in [0.717, 1.165) is 11.8 Å². The summed E-state index contributed by atoms with van der Waals surface area (Å²) >= 11 is 0. The summed E-state index contributed by atoms with van der Waals surface area (Å²) in [5.74, 6) is 4.37. The van der Waals surface area contributed by atoms with Gasteiger partial charge in [0, 0.05) is 0 Å². The van der Waals surface area contributed by atoms with Crippen LogP contribution in [0.2, 0.25) is 0 Å². The maximum Gasteiger partial charge on any atom is 0.239 e. The molecule has 4 saturated carbocycles. The van der Waals surface area contributed by atoms with Crippen LogP contribution in [0.15, 0.2) is 0 Å². The van der Waals surface area contributed by atoms with Crippen molar-refractivity contribution in [3.63, 3.8) is 0 Å². The topological polar surface area (TPSA) is 87.8 Å². The van der Waals surface area contributed by atoms with Crippen molar-refractivity contribution in [2.75, 3.05) is 5.73 Å². The maximum absolute atomic E-state index is 10.6. The summed E-state index contributed by atoms with van der Waals surface area (Å²) in [6, 6.07) is 0. The zero-order valence-electron chi connectivity index (χ0n) is 10.4. The van der Waals surface area contributed by atoms with E-state index in [9.17, 15) is 5.11 Å². The molecule has 4 fully saturated rings. The molecule has 4 bridgehead atoms. The number of nitrogens with zero attached hydrogens (tertiary/aromatic N) is 2. The quantitative estimate of drug-likeness (QED) is 0.740. The monoisotopic (exact) mass is 248 g/mol. The Balaban J connectivity index is 1.61. The summed E-state index contributed by atoms with van der Waals surface area (Å²) in [5.41, 5.74) is 5.53. The number of nitrogens with one attached hydrogen (secondary N) is 1. The largest absolute Gasteiger partial charge is 0.385 e. The number of H-pyrrole nitrogens is 1. The zero-order valence-corrected chi connectivity index (χ0v) is 10.4. The van der Waals surface area contributed by atoms with Crippen LogP contribution in [0.25, 0.3) is 0 Å². The van der Waals surface area contributed by atoms with Crippen molar-refractivity contribution in [1.82, 2.24) is 15.2 Å². The van der Waals surface area contributed by atoms with E-state index in [-0.39, 0.29) is 5.95 Å². The van der Waals surface area contributed by atoms with Crippen LogP contribution >= 0.6 is 0 Å². The highest BCUT2D eigenvalue weighted by Crippen LogP contribution is 2.59. The van der Waals surface area contributed by atoms with Crippen LogP contribution in [-0.4, -0.2) is 20.3 Å². The van der Waals surface area contributed by atoms with Gasteiger partial charge in [-0.05, 0) is 61.7 Å². The number of anilines is 1. The van der Waals surface area contributed by atoms with Crippen LogP contribution in [0.5, 0.6) is 0 Å². The number of aliphatic hydroxyl groups excluding tert-OH is 1. The Hall–Kier alpha value is -1.10. The number of hydrogen-bond donors (Lipinski definition) is 3. The van der Waals surface area contributed by atoms with Gasteiger partial charge in [-0.3, -0.25) is 5.10 Å². The highest BCUT2D eigenvalue weighted by Gasteiger charge is 2.51. The van der Waals surface area contributed by atoms with Gasteiger partial charge in [0.2, 0.25) is 5.95 Å². The van der Waals surface area contributed by atoms with Crippen LogP contribution in [0.3, 0.4) is 0 Å². The average molecular weight is 248 g/mol. The van der Waals surface area contributed by atoms with Crippen LogP contribution in [-0.2, 0) is 0 Å². The molecule has 0 amide bonds. The van der Waals surface area contributed by atoms with Gasteiger partial charge in [-0.2, -0.15) is 4.98 Å². The summed E-state index contributed by atoms with van der Waals surface area (Å²) in [7, 11) is 0. The summed E-state index contributed by atoms with van der Waals surface area (Å²) in [6.45, 7) is 0. The lowest BCUT2D eigenvalue weighted by Crippen LogP contribution is -2.47. The highest BCUT2D eigenvalue weighted by molar-refractivity contribution is 5.15. The van der Waals surface area contributed by atoms with Gasteiger partial charge in [0.15, 0.2) is 5.82 Å². The van der Waals surface area contributed by atoms with E-state index in [4.69, 9.17) is 5.73 Å². The number of aromatic nitrogens is 3. The van der Waals surface area contributed by atoms with Crippen molar-refractivity contribution in [2.24, 2.45) is 29.6 Å². The molecule has 4 aliphatic rings. The molecule has 18 heavy (non-hydrogen) atoms. The molecule has 0 radical (unpaired) electrons. The first-order valence-corrected chi connectivity index (χ1v) is 7.06. The van der Waals surface area contributed by atoms with E-state index >= 15 is 0 Å². The lowest BCUT2D eigenvalue weighted by Gasteiger charge is -2.55. The smallest absolute Gasteiger partial charge is 0.239 e. The molecule has 0 spiro atoms. The van der Waals surface area contributed by atoms with Crippen molar-refractivity contribution < 1.29 is 5.11 Å². The third-order valence-electron chi connectivity index (χ3n) is 5.46. The van der Waals surface area contributed by atoms with Crippen LogP contribution in [0.1, 0.15) is 44.0 Å². The van der Waals surface area contributed by atoms with Gasteiger partial charge in [-0.25, -0.2) is 0 Å². The van der Waals surface area contributed by atoms with E-state index < -0.39 is 6.10 Å². The van der Waals surface area contributed by atoms with E-state index in [2.05, 4.69) is 15.2 Å². The number of nitrogen functional groups attached to an aromatic ring is 1. The fourth-order valence-corrected chi connectivity index (χ4v) is 5.09.